The first-order valence-corrected chi connectivity index (χ1v) is 6.53. The number of carbonyl (C=O) groups excluding carboxylic acids is 1. The first-order valence-electron chi connectivity index (χ1n) is 6.53. The Morgan fingerprint density at radius 2 is 2.20 bits per heavy atom. The molecule has 0 bridgehead atoms. The van der Waals surface area contributed by atoms with E-state index in [2.05, 4.69) is 19.2 Å². The largest absolute Gasteiger partial charge is 0.349 e. The van der Waals surface area contributed by atoms with Gasteiger partial charge in [-0.2, -0.15) is 4.39 Å². The molecule has 0 spiro atoms. The summed E-state index contributed by atoms with van der Waals surface area (Å²) in [5, 5.41) is 13.4. The topological polar surface area (TPSA) is 72.2 Å². The van der Waals surface area contributed by atoms with E-state index >= 15 is 0 Å². The summed E-state index contributed by atoms with van der Waals surface area (Å²) in [6, 6.07) is 3.28. The van der Waals surface area contributed by atoms with Crippen molar-refractivity contribution in [1.82, 2.24) is 5.32 Å². The minimum atomic E-state index is -0.991. The van der Waals surface area contributed by atoms with Gasteiger partial charge in [-0.1, -0.05) is 13.8 Å². The number of halogens is 1. The number of nitro groups is 1. The average Bonchev–Trinajstić information content (AvgIpc) is 2.68. The van der Waals surface area contributed by atoms with Crippen molar-refractivity contribution >= 4 is 11.6 Å². The molecular formula is C14H17FN2O3. The highest BCUT2D eigenvalue weighted by Gasteiger charge is 2.32. The Morgan fingerprint density at radius 3 is 2.70 bits per heavy atom. The number of amides is 1. The van der Waals surface area contributed by atoms with E-state index in [9.17, 15) is 19.3 Å². The van der Waals surface area contributed by atoms with Gasteiger partial charge < -0.3 is 5.32 Å². The second-order valence-electron chi connectivity index (χ2n) is 6.00. The predicted octanol–water partition coefficient (Wildman–Crippen LogP) is 3.04. The van der Waals surface area contributed by atoms with Gasteiger partial charge in [-0.25, -0.2) is 0 Å². The quantitative estimate of drug-likeness (QED) is 0.683. The molecule has 1 atom stereocenters. The molecule has 108 valence electrons. The molecule has 6 heteroatoms. The normalized spacial score (nSPS) is 20.6. The number of rotatable bonds is 3. The summed E-state index contributed by atoms with van der Waals surface area (Å²) in [6.45, 7) is 4.29. The third-order valence-electron chi connectivity index (χ3n) is 3.71. The third kappa shape index (κ3) is 3.12. The Morgan fingerprint density at radius 1 is 1.50 bits per heavy atom. The van der Waals surface area contributed by atoms with E-state index in [0.717, 1.165) is 31.4 Å². The smallest absolute Gasteiger partial charge is 0.304 e. The van der Waals surface area contributed by atoms with Gasteiger partial charge in [0.1, 0.15) is 0 Å². The minimum Gasteiger partial charge on any atom is -0.349 e. The highest BCUT2D eigenvalue weighted by atomic mass is 19.1. The van der Waals surface area contributed by atoms with Crippen LogP contribution in [0.25, 0.3) is 0 Å². The lowest BCUT2D eigenvalue weighted by molar-refractivity contribution is -0.387. The lowest BCUT2D eigenvalue weighted by Gasteiger charge is -2.17. The van der Waals surface area contributed by atoms with Crippen LogP contribution in [0, 0.1) is 21.3 Å². The molecule has 1 aliphatic rings. The molecule has 1 amide bonds. The molecule has 0 saturated heterocycles. The fourth-order valence-corrected chi connectivity index (χ4v) is 2.62. The van der Waals surface area contributed by atoms with Gasteiger partial charge in [-0.05, 0) is 36.8 Å². The summed E-state index contributed by atoms with van der Waals surface area (Å²) in [7, 11) is 0. The standard InChI is InChI=1S/C14H17FN2O3/c1-14(2)6-5-10(8-14)16-13(18)9-3-4-12(17(19)20)11(15)7-9/h3-4,7,10H,5-6,8H2,1-2H3,(H,16,18). The second-order valence-corrected chi connectivity index (χ2v) is 6.00. The molecule has 1 aliphatic carbocycles. The van der Waals surface area contributed by atoms with Crippen molar-refractivity contribution in [3.05, 3.63) is 39.7 Å². The number of carbonyl (C=O) groups is 1. The van der Waals surface area contributed by atoms with Gasteiger partial charge in [-0.15, -0.1) is 0 Å². The molecule has 0 radical (unpaired) electrons. The Bertz CT molecular complexity index is 557. The summed E-state index contributed by atoms with van der Waals surface area (Å²) in [5.74, 6) is -1.38. The molecule has 5 nitrogen and oxygen atoms in total. The van der Waals surface area contributed by atoms with Crippen molar-refractivity contribution in [1.29, 1.82) is 0 Å². The fraction of sp³-hybridized carbons (Fsp3) is 0.500. The molecule has 0 heterocycles. The third-order valence-corrected chi connectivity index (χ3v) is 3.71. The van der Waals surface area contributed by atoms with E-state index in [0.29, 0.717) is 0 Å². The van der Waals surface area contributed by atoms with Crippen molar-refractivity contribution in [3.8, 4) is 0 Å². The summed E-state index contributed by atoms with van der Waals surface area (Å²) in [5.41, 5.74) is -0.306. The fourth-order valence-electron chi connectivity index (χ4n) is 2.62. The minimum absolute atomic E-state index is 0.0794. The highest BCUT2D eigenvalue weighted by Crippen LogP contribution is 2.37. The van der Waals surface area contributed by atoms with Crippen molar-refractivity contribution in [2.24, 2.45) is 5.41 Å². The zero-order valence-corrected chi connectivity index (χ0v) is 11.5. The van der Waals surface area contributed by atoms with E-state index < -0.39 is 16.4 Å². The summed E-state index contributed by atoms with van der Waals surface area (Å²) >= 11 is 0. The van der Waals surface area contributed by atoms with Crippen molar-refractivity contribution in [2.45, 2.75) is 39.2 Å². The summed E-state index contributed by atoms with van der Waals surface area (Å²) in [6.07, 6.45) is 2.81. The highest BCUT2D eigenvalue weighted by molar-refractivity contribution is 5.94. The molecule has 2 rings (SSSR count). The molecule has 0 aromatic heterocycles. The van der Waals surface area contributed by atoms with Crippen LogP contribution in [-0.4, -0.2) is 16.9 Å². The van der Waals surface area contributed by atoms with Gasteiger partial charge in [-0.3, -0.25) is 14.9 Å². The van der Waals surface area contributed by atoms with Crippen LogP contribution in [0.4, 0.5) is 10.1 Å². The van der Waals surface area contributed by atoms with Crippen LogP contribution >= 0.6 is 0 Å². The molecule has 1 N–H and O–H groups in total. The van der Waals surface area contributed by atoms with Crippen LogP contribution in [0.5, 0.6) is 0 Å². The number of nitrogens with one attached hydrogen (secondary N) is 1. The Balaban J connectivity index is 2.07. The first kappa shape index (κ1) is 14.4. The summed E-state index contributed by atoms with van der Waals surface area (Å²) < 4.78 is 13.5. The first-order chi connectivity index (χ1) is 9.28. The van der Waals surface area contributed by atoms with Gasteiger partial charge in [0.05, 0.1) is 4.92 Å². The van der Waals surface area contributed by atoms with Gasteiger partial charge in [0, 0.05) is 17.7 Å². The molecule has 1 fully saturated rings. The van der Waals surface area contributed by atoms with Crippen molar-refractivity contribution < 1.29 is 14.1 Å². The van der Waals surface area contributed by atoms with Gasteiger partial charge in [0.2, 0.25) is 5.82 Å². The molecule has 1 saturated carbocycles. The number of benzene rings is 1. The maximum Gasteiger partial charge on any atom is 0.304 e. The van der Waals surface area contributed by atoms with Crippen LogP contribution in [-0.2, 0) is 0 Å². The maximum absolute atomic E-state index is 13.5. The lowest BCUT2D eigenvalue weighted by atomic mass is 9.92. The lowest BCUT2D eigenvalue weighted by Crippen LogP contribution is -2.33. The van der Waals surface area contributed by atoms with E-state index in [-0.39, 0.29) is 22.9 Å². The SMILES string of the molecule is CC1(C)CCC(NC(=O)c2ccc([N+](=O)[O-])c(F)c2)C1. The van der Waals surface area contributed by atoms with Gasteiger partial charge in [0.25, 0.3) is 5.91 Å². The average molecular weight is 280 g/mol. The van der Waals surface area contributed by atoms with Crippen molar-refractivity contribution in [3.63, 3.8) is 0 Å². The van der Waals surface area contributed by atoms with Gasteiger partial charge in [0.15, 0.2) is 0 Å². The Labute approximate surface area is 116 Å². The van der Waals surface area contributed by atoms with E-state index in [1.54, 1.807) is 0 Å². The monoisotopic (exact) mass is 280 g/mol. The molecule has 1 aromatic carbocycles. The Hall–Kier alpha value is -1.98. The van der Waals surface area contributed by atoms with Gasteiger partial charge >= 0.3 is 5.69 Å². The molecular weight excluding hydrogens is 263 g/mol. The summed E-state index contributed by atoms with van der Waals surface area (Å²) in [4.78, 5) is 21.7. The number of nitro benzene ring substituents is 1. The van der Waals surface area contributed by atoms with E-state index in [1.165, 1.54) is 6.07 Å². The number of nitrogens with zero attached hydrogens (tertiary/aromatic N) is 1. The number of hydrogen-bond donors (Lipinski definition) is 1. The zero-order chi connectivity index (χ0) is 14.9. The molecule has 0 aliphatic heterocycles. The van der Waals surface area contributed by atoms with Crippen LogP contribution in [0.1, 0.15) is 43.5 Å². The molecule has 1 aromatic rings. The van der Waals surface area contributed by atoms with Crippen LogP contribution in [0.3, 0.4) is 0 Å². The van der Waals surface area contributed by atoms with Crippen LogP contribution < -0.4 is 5.32 Å². The molecule has 1 unspecified atom stereocenters. The van der Waals surface area contributed by atoms with Crippen LogP contribution in [0.2, 0.25) is 0 Å². The van der Waals surface area contributed by atoms with E-state index in [4.69, 9.17) is 0 Å². The predicted molar refractivity (Wildman–Crippen MR) is 71.9 cm³/mol. The van der Waals surface area contributed by atoms with Crippen LogP contribution in [0.15, 0.2) is 18.2 Å². The maximum atomic E-state index is 13.5. The van der Waals surface area contributed by atoms with Crippen molar-refractivity contribution in [2.75, 3.05) is 0 Å². The molecule has 20 heavy (non-hydrogen) atoms. The zero-order valence-electron chi connectivity index (χ0n) is 11.5. The Kier molecular flexibility index (Phi) is 3.74. The number of hydrogen-bond acceptors (Lipinski definition) is 3. The second kappa shape index (κ2) is 5.19. The van der Waals surface area contributed by atoms with E-state index in [1.807, 2.05) is 0 Å².